The van der Waals surface area contributed by atoms with Crippen LogP contribution in [0.25, 0.3) is 0 Å². The maximum absolute atomic E-state index is 13.2. The van der Waals surface area contributed by atoms with E-state index in [-0.39, 0.29) is 35.9 Å². The standard InChI is InChI=1S/C22H30FN5O.HI/c1-3-24-22(26-16-20(29-2)17-7-9-18(23)10-8-17)27-19-11-14-28(15-12-19)21-6-4-5-13-25-21;/h4-10,13,19-20H,3,11-12,14-16H2,1-2H3,(H2,24,26,27);1H. The highest BCUT2D eigenvalue weighted by atomic mass is 127. The van der Waals surface area contributed by atoms with Gasteiger partial charge in [-0.1, -0.05) is 18.2 Å². The number of pyridine rings is 1. The Morgan fingerprint density at radius 3 is 2.57 bits per heavy atom. The van der Waals surface area contributed by atoms with Crippen molar-refractivity contribution in [3.05, 3.63) is 60.0 Å². The topological polar surface area (TPSA) is 61.8 Å². The fraction of sp³-hybridized carbons (Fsp3) is 0.455. The van der Waals surface area contributed by atoms with Crippen LogP contribution in [0.2, 0.25) is 0 Å². The first-order valence-corrected chi connectivity index (χ1v) is 10.2. The lowest BCUT2D eigenvalue weighted by Gasteiger charge is -2.33. The summed E-state index contributed by atoms with van der Waals surface area (Å²) in [6.07, 6.45) is 3.67. The molecule has 0 radical (unpaired) electrons. The molecule has 1 aliphatic rings. The zero-order chi connectivity index (χ0) is 20.5. The minimum absolute atomic E-state index is 0. The highest BCUT2D eigenvalue weighted by Crippen LogP contribution is 2.19. The van der Waals surface area contributed by atoms with E-state index in [9.17, 15) is 4.39 Å². The molecule has 2 heterocycles. The minimum atomic E-state index is -0.251. The Morgan fingerprint density at radius 2 is 1.97 bits per heavy atom. The van der Waals surface area contributed by atoms with Crippen LogP contribution < -0.4 is 15.5 Å². The minimum Gasteiger partial charge on any atom is -0.375 e. The van der Waals surface area contributed by atoms with Crippen molar-refractivity contribution in [2.75, 3.05) is 38.2 Å². The summed E-state index contributed by atoms with van der Waals surface area (Å²) in [5.41, 5.74) is 0.914. The van der Waals surface area contributed by atoms with Crippen molar-refractivity contribution < 1.29 is 9.13 Å². The molecule has 0 aliphatic carbocycles. The van der Waals surface area contributed by atoms with Gasteiger partial charge in [0.05, 0.1) is 6.54 Å². The Labute approximate surface area is 195 Å². The van der Waals surface area contributed by atoms with Crippen LogP contribution in [-0.4, -0.2) is 50.3 Å². The second-order valence-electron chi connectivity index (χ2n) is 7.09. The van der Waals surface area contributed by atoms with E-state index in [1.54, 1.807) is 19.2 Å². The summed E-state index contributed by atoms with van der Waals surface area (Å²) in [6, 6.07) is 12.8. The van der Waals surface area contributed by atoms with E-state index < -0.39 is 0 Å². The van der Waals surface area contributed by atoms with Gasteiger partial charge in [-0.15, -0.1) is 24.0 Å². The van der Waals surface area contributed by atoms with Crippen LogP contribution in [0.1, 0.15) is 31.4 Å². The third kappa shape index (κ3) is 7.09. The molecule has 1 aliphatic heterocycles. The number of methoxy groups -OCH3 is 1. The number of ether oxygens (including phenoxy) is 1. The summed E-state index contributed by atoms with van der Waals surface area (Å²) in [5.74, 6) is 1.57. The number of hydrogen-bond acceptors (Lipinski definition) is 4. The lowest BCUT2D eigenvalue weighted by molar-refractivity contribution is 0.111. The molecule has 1 atom stereocenters. The normalized spacial score (nSPS) is 16.0. The zero-order valence-corrected chi connectivity index (χ0v) is 19.9. The number of anilines is 1. The van der Waals surface area contributed by atoms with E-state index >= 15 is 0 Å². The fourth-order valence-electron chi connectivity index (χ4n) is 3.47. The Hall–Kier alpha value is -1.94. The van der Waals surface area contributed by atoms with E-state index in [4.69, 9.17) is 9.73 Å². The van der Waals surface area contributed by atoms with Crippen molar-refractivity contribution in [3.63, 3.8) is 0 Å². The average molecular weight is 527 g/mol. The SMILES string of the molecule is CCNC(=NCC(OC)c1ccc(F)cc1)NC1CCN(c2ccccn2)CC1.I. The molecule has 1 saturated heterocycles. The molecule has 0 bridgehead atoms. The predicted octanol–water partition coefficient (Wildman–Crippen LogP) is 3.75. The summed E-state index contributed by atoms with van der Waals surface area (Å²) < 4.78 is 18.7. The summed E-state index contributed by atoms with van der Waals surface area (Å²) in [4.78, 5) is 11.5. The summed E-state index contributed by atoms with van der Waals surface area (Å²) in [5, 5.41) is 6.86. The van der Waals surface area contributed by atoms with Crippen molar-refractivity contribution >= 4 is 35.8 Å². The third-order valence-corrected chi connectivity index (χ3v) is 5.09. The van der Waals surface area contributed by atoms with Crippen LogP contribution in [-0.2, 0) is 4.74 Å². The van der Waals surface area contributed by atoms with Crippen molar-refractivity contribution in [1.29, 1.82) is 0 Å². The zero-order valence-electron chi connectivity index (χ0n) is 17.6. The van der Waals surface area contributed by atoms with Crippen LogP contribution >= 0.6 is 24.0 Å². The highest BCUT2D eigenvalue weighted by molar-refractivity contribution is 14.0. The number of halogens is 2. The van der Waals surface area contributed by atoms with Crippen LogP contribution in [0, 0.1) is 5.82 Å². The summed E-state index contributed by atoms with van der Waals surface area (Å²) >= 11 is 0. The molecule has 0 amide bonds. The molecule has 0 saturated carbocycles. The van der Waals surface area contributed by atoms with Gasteiger partial charge < -0.3 is 20.3 Å². The molecule has 164 valence electrons. The van der Waals surface area contributed by atoms with Crippen LogP contribution in [0.3, 0.4) is 0 Å². The molecule has 2 aromatic rings. The predicted molar refractivity (Wildman–Crippen MR) is 130 cm³/mol. The number of piperidine rings is 1. The summed E-state index contributed by atoms with van der Waals surface area (Å²) in [6.45, 7) is 5.22. The monoisotopic (exact) mass is 527 g/mol. The molecular formula is C22H31FIN5O. The quantitative estimate of drug-likeness (QED) is 0.327. The molecular weight excluding hydrogens is 496 g/mol. The highest BCUT2D eigenvalue weighted by Gasteiger charge is 2.21. The van der Waals surface area contributed by atoms with Gasteiger partial charge in [-0.2, -0.15) is 0 Å². The molecule has 1 aromatic carbocycles. The Morgan fingerprint density at radius 1 is 1.23 bits per heavy atom. The number of hydrogen-bond donors (Lipinski definition) is 2. The first-order valence-electron chi connectivity index (χ1n) is 10.2. The first kappa shape index (κ1) is 24.3. The lowest BCUT2D eigenvalue weighted by atomic mass is 10.1. The van der Waals surface area contributed by atoms with Gasteiger partial charge in [0.25, 0.3) is 0 Å². The van der Waals surface area contributed by atoms with Gasteiger partial charge in [0.1, 0.15) is 17.7 Å². The Bertz CT molecular complexity index is 767. The smallest absolute Gasteiger partial charge is 0.191 e. The van der Waals surface area contributed by atoms with Crippen molar-refractivity contribution in [3.8, 4) is 0 Å². The molecule has 0 spiro atoms. The third-order valence-electron chi connectivity index (χ3n) is 5.09. The Kier molecular flexibility index (Phi) is 10.3. The molecule has 1 fully saturated rings. The van der Waals surface area contributed by atoms with Crippen molar-refractivity contribution in [2.24, 2.45) is 4.99 Å². The Balaban J connectivity index is 0.00000320. The second-order valence-corrected chi connectivity index (χ2v) is 7.09. The van der Waals surface area contributed by atoms with Gasteiger partial charge in [-0.05, 0) is 49.6 Å². The maximum atomic E-state index is 13.2. The van der Waals surface area contributed by atoms with Gasteiger partial charge in [0.2, 0.25) is 0 Å². The van der Waals surface area contributed by atoms with Crippen molar-refractivity contribution in [1.82, 2.24) is 15.6 Å². The number of nitrogens with zero attached hydrogens (tertiary/aromatic N) is 3. The van der Waals surface area contributed by atoms with E-state index in [0.29, 0.717) is 12.6 Å². The van der Waals surface area contributed by atoms with Gasteiger partial charge in [0.15, 0.2) is 5.96 Å². The summed E-state index contributed by atoms with van der Waals surface area (Å²) in [7, 11) is 1.65. The largest absolute Gasteiger partial charge is 0.375 e. The number of benzene rings is 1. The van der Waals surface area contributed by atoms with Gasteiger partial charge in [-0.3, -0.25) is 4.99 Å². The van der Waals surface area contributed by atoms with Crippen LogP contribution in [0.15, 0.2) is 53.7 Å². The van der Waals surface area contributed by atoms with Gasteiger partial charge in [-0.25, -0.2) is 9.37 Å². The number of guanidine groups is 1. The van der Waals surface area contributed by atoms with E-state index in [2.05, 4.69) is 33.5 Å². The molecule has 8 heteroatoms. The first-order chi connectivity index (χ1) is 14.2. The maximum Gasteiger partial charge on any atom is 0.191 e. The lowest BCUT2D eigenvalue weighted by Crippen LogP contribution is -2.49. The van der Waals surface area contributed by atoms with Gasteiger partial charge in [0, 0.05) is 39.0 Å². The molecule has 1 aromatic heterocycles. The molecule has 6 nitrogen and oxygen atoms in total. The molecule has 1 unspecified atom stereocenters. The van der Waals surface area contributed by atoms with Crippen LogP contribution in [0.4, 0.5) is 10.2 Å². The molecule has 30 heavy (non-hydrogen) atoms. The van der Waals surface area contributed by atoms with E-state index in [1.165, 1.54) is 12.1 Å². The number of aliphatic imine (C=N–C) groups is 1. The van der Waals surface area contributed by atoms with Crippen molar-refractivity contribution in [2.45, 2.75) is 31.9 Å². The second kappa shape index (κ2) is 12.7. The number of rotatable bonds is 7. The number of nitrogens with one attached hydrogen (secondary N) is 2. The van der Waals surface area contributed by atoms with E-state index in [0.717, 1.165) is 49.8 Å². The number of aromatic nitrogens is 1. The fourth-order valence-corrected chi connectivity index (χ4v) is 3.47. The molecule has 2 N–H and O–H groups in total. The molecule has 3 rings (SSSR count). The average Bonchev–Trinajstić information content (AvgIpc) is 2.76. The van der Waals surface area contributed by atoms with Gasteiger partial charge >= 0.3 is 0 Å². The van der Waals surface area contributed by atoms with Crippen LogP contribution in [0.5, 0.6) is 0 Å². The van der Waals surface area contributed by atoms with E-state index in [1.807, 2.05) is 18.3 Å².